The molecule has 1 aliphatic heterocycles. The minimum atomic E-state index is -4.93. The van der Waals surface area contributed by atoms with E-state index in [-0.39, 0.29) is 46.9 Å². The van der Waals surface area contributed by atoms with Crippen LogP contribution in [0.2, 0.25) is 0 Å². The Hall–Kier alpha value is -4.00. The van der Waals surface area contributed by atoms with E-state index in [1.165, 1.54) is 7.11 Å². The Kier molecular flexibility index (Phi) is 8.00. The third kappa shape index (κ3) is 5.87. The summed E-state index contributed by atoms with van der Waals surface area (Å²) in [4.78, 5) is 37.9. The summed E-state index contributed by atoms with van der Waals surface area (Å²) in [6, 6.07) is 3.37. The maximum Gasteiger partial charge on any atom is 0.419 e. The van der Waals surface area contributed by atoms with Gasteiger partial charge in [-0.15, -0.1) is 0 Å². The molecule has 5 aliphatic rings. The van der Waals surface area contributed by atoms with E-state index >= 15 is 0 Å². The predicted molar refractivity (Wildman–Crippen MR) is 162 cm³/mol. The lowest BCUT2D eigenvalue weighted by molar-refractivity contribution is -0.140. The molecule has 0 radical (unpaired) electrons. The number of anilines is 1. The topological polar surface area (TPSA) is 122 Å². The molecule has 0 spiro atoms. The second-order valence-electron chi connectivity index (χ2n) is 13.5. The van der Waals surface area contributed by atoms with E-state index in [0.717, 1.165) is 30.9 Å². The highest BCUT2D eigenvalue weighted by Crippen LogP contribution is 2.54. The van der Waals surface area contributed by atoms with E-state index in [1.54, 1.807) is 19.2 Å². The zero-order valence-corrected chi connectivity index (χ0v) is 25.9. The van der Waals surface area contributed by atoms with Gasteiger partial charge in [-0.1, -0.05) is 16.8 Å². The predicted octanol–water partition coefficient (Wildman–Crippen LogP) is 5.49. The second-order valence-corrected chi connectivity index (χ2v) is 13.5. The van der Waals surface area contributed by atoms with Crippen LogP contribution in [-0.2, 0) is 15.8 Å². The van der Waals surface area contributed by atoms with Crippen LogP contribution in [0, 0.1) is 41.3 Å². The molecule has 7 rings (SSSR count). The number of aliphatic hydroxyl groups is 1. The number of carbonyl (C=O) groups is 2. The number of nitrogens with one attached hydrogen (secondary N) is 2. The molecule has 1 aromatic carbocycles. The zero-order valence-electron chi connectivity index (χ0n) is 25.9. The SMILES string of the molecule is COc1ncc(C2=NOC3CC(C(C)O)CC23)cc1C(=O)N[C@H]1[C@@H](C(=O)Nc2ccc(F)c(C(F)(F)F)c2)[C@H]2CC[C@@H]1/C2=C\C1CC1. The highest BCUT2D eigenvalue weighted by atomic mass is 19.4. The minimum absolute atomic E-state index is 0.0567. The average Bonchev–Trinajstić information content (AvgIpc) is 3.30. The second kappa shape index (κ2) is 11.9. The van der Waals surface area contributed by atoms with Crippen LogP contribution in [0.3, 0.4) is 0 Å². The van der Waals surface area contributed by atoms with Crippen molar-refractivity contribution >= 4 is 23.2 Å². The Morgan fingerprint density at radius 3 is 2.57 bits per heavy atom. The normalized spacial score (nSPS) is 30.9. The van der Waals surface area contributed by atoms with Crippen molar-refractivity contribution in [2.45, 2.75) is 69.9 Å². The molecule has 2 heterocycles. The van der Waals surface area contributed by atoms with Crippen LogP contribution in [0.5, 0.6) is 5.88 Å². The lowest BCUT2D eigenvalue weighted by Gasteiger charge is -2.30. The summed E-state index contributed by atoms with van der Waals surface area (Å²) < 4.78 is 59.6. The fraction of sp³-hybridized carbons (Fsp3) is 0.529. The molecule has 47 heavy (non-hydrogen) atoms. The molecule has 0 saturated heterocycles. The Bertz CT molecular complexity index is 1660. The van der Waals surface area contributed by atoms with Crippen LogP contribution in [0.1, 0.15) is 66.9 Å². The summed E-state index contributed by atoms with van der Waals surface area (Å²) in [6.07, 6.45) is 3.12. The van der Waals surface area contributed by atoms with Gasteiger partial charge in [0.15, 0.2) is 0 Å². The van der Waals surface area contributed by atoms with Gasteiger partial charge < -0.3 is 25.3 Å². The number of ether oxygens (including phenoxy) is 1. The van der Waals surface area contributed by atoms with Crippen LogP contribution < -0.4 is 15.4 Å². The number of halogens is 4. The molecular weight excluding hydrogens is 620 g/mol. The summed E-state index contributed by atoms with van der Waals surface area (Å²) in [5.41, 5.74) is 0.832. The first-order valence-corrected chi connectivity index (χ1v) is 16.1. The molecule has 4 fully saturated rings. The monoisotopic (exact) mass is 656 g/mol. The summed E-state index contributed by atoms with van der Waals surface area (Å²) >= 11 is 0. The van der Waals surface area contributed by atoms with Gasteiger partial charge in [-0.2, -0.15) is 13.2 Å². The zero-order chi connectivity index (χ0) is 33.2. The summed E-state index contributed by atoms with van der Waals surface area (Å²) in [7, 11) is 1.40. The average molecular weight is 657 g/mol. The van der Waals surface area contributed by atoms with Crippen molar-refractivity contribution in [3.8, 4) is 5.88 Å². The number of hydrogen-bond acceptors (Lipinski definition) is 7. The number of methoxy groups -OCH3 is 1. The third-order valence-corrected chi connectivity index (χ3v) is 10.5. The van der Waals surface area contributed by atoms with Crippen LogP contribution in [0.25, 0.3) is 0 Å². The number of alkyl halides is 3. The van der Waals surface area contributed by atoms with Crippen molar-refractivity contribution in [1.29, 1.82) is 0 Å². The van der Waals surface area contributed by atoms with Crippen LogP contribution in [0.4, 0.5) is 23.2 Å². The molecule has 2 amide bonds. The first-order valence-electron chi connectivity index (χ1n) is 16.1. The molecule has 250 valence electrons. The smallest absolute Gasteiger partial charge is 0.419 e. The number of allylic oxidation sites excluding steroid dienone is 1. The van der Waals surface area contributed by atoms with E-state index < -0.39 is 47.4 Å². The van der Waals surface area contributed by atoms with Gasteiger partial charge in [-0.25, -0.2) is 9.37 Å². The van der Waals surface area contributed by atoms with Crippen molar-refractivity contribution < 1.29 is 41.8 Å². The molecule has 13 heteroatoms. The maximum absolute atomic E-state index is 14.0. The highest BCUT2D eigenvalue weighted by molar-refractivity contribution is 6.06. The van der Waals surface area contributed by atoms with Crippen molar-refractivity contribution in [3.63, 3.8) is 0 Å². The molecule has 4 unspecified atom stereocenters. The molecule has 2 bridgehead atoms. The van der Waals surface area contributed by atoms with Crippen molar-refractivity contribution in [3.05, 3.63) is 64.6 Å². The third-order valence-electron chi connectivity index (χ3n) is 10.5. The summed E-state index contributed by atoms with van der Waals surface area (Å²) in [6.45, 7) is 1.76. The molecule has 3 N–H and O–H groups in total. The van der Waals surface area contributed by atoms with Gasteiger partial charge in [0.1, 0.15) is 17.5 Å². The van der Waals surface area contributed by atoms with Gasteiger partial charge in [-0.3, -0.25) is 9.59 Å². The van der Waals surface area contributed by atoms with Gasteiger partial charge in [0, 0.05) is 35.3 Å². The van der Waals surface area contributed by atoms with Crippen molar-refractivity contribution in [2.24, 2.45) is 40.7 Å². The van der Waals surface area contributed by atoms with Crippen LogP contribution >= 0.6 is 0 Å². The number of aromatic nitrogens is 1. The molecule has 9 nitrogen and oxygen atoms in total. The number of rotatable bonds is 8. The fourth-order valence-corrected chi connectivity index (χ4v) is 8.05. The lowest BCUT2D eigenvalue weighted by Crippen LogP contribution is -2.48. The number of nitrogens with zero attached hydrogens (tertiary/aromatic N) is 2. The lowest BCUT2D eigenvalue weighted by atomic mass is 9.83. The van der Waals surface area contributed by atoms with Gasteiger partial charge >= 0.3 is 6.18 Å². The number of oxime groups is 1. The minimum Gasteiger partial charge on any atom is -0.480 e. The first kappa shape index (κ1) is 31.6. The van der Waals surface area contributed by atoms with E-state index in [9.17, 15) is 32.3 Å². The number of fused-ring (bicyclic) bond motifs is 3. The number of hydrogen-bond donors (Lipinski definition) is 3. The molecule has 2 aromatic rings. The number of amides is 2. The molecule has 4 saturated carbocycles. The number of aliphatic hydroxyl groups excluding tert-OH is 1. The fourth-order valence-electron chi connectivity index (χ4n) is 8.05. The molecular formula is C34H36F4N4O5. The number of carbonyl (C=O) groups excluding carboxylic acids is 2. The largest absolute Gasteiger partial charge is 0.480 e. The molecule has 4 aliphatic carbocycles. The van der Waals surface area contributed by atoms with E-state index in [2.05, 4.69) is 26.8 Å². The summed E-state index contributed by atoms with van der Waals surface area (Å²) in [5.74, 6) is -3.04. The Morgan fingerprint density at radius 2 is 1.87 bits per heavy atom. The van der Waals surface area contributed by atoms with Crippen LogP contribution in [-0.4, -0.2) is 53.0 Å². The maximum atomic E-state index is 14.0. The van der Waals surface area contributed by atoms with E-state index in [0.29, 0.717) is 48.6 Å². The van der Waals surface area contributed by atoms with Gasteiger partial charge in [0.2, 0.25) is 11.8 Å². The molecule has 8 atom stereocenters. The van der Waals surface area contributed by atoms with E-state index in [1.807, 2.05) is 0 Å². The quantitative estimate of drug-likeness (QED) is 0.255. The standard InChI is InChI=1S/C34H36F4N4O5/c1-15(43)17-10-23-27(12-17)47-42-29(23)18-11-24(33(46-2)39-14-18)31(44)41-30-21-7-6-20(22(21)9-16-3-4-16)28(30)32(45)40-19-5-8-26(35)25(13-19)34(36,37)38/h5,8-9,11,13-17,20-21,23,27-28,30,43H,3-4,6-7,10,12H2,1-2H3,(H,40,45)(H,41,44)/b22-9-/t15?,17?,20-,21+,23?,27?,28-,30+/m0/s1. The van der Waals surface area contributed by atoms with Crippen molar-refractivity contribution in [1.82, 2.24) is 10.3 Å². The molecule has 1 aromatic heterocycles. The van der Waals surface area contributed by atoms with Gasteiger partial charge in [0.25, 0.3) is 5.91 Å². The number of pyridine rings is 1. The van der Waals surface area contributed by atoms with Crippen molar-refractivity contribution in [2.75, 3.05) is 12.4 Å². The van der Waals surface area contributed by atoms with Gasteiger partial charge in [-0.05, 0) is 87.5 Å². The highest BCUT2D eigenvalue weighted by Gasteiger charge is 2.55. The Morgan fingerprint density at radius 1 is 1.11 bits per heavy atom. The Balaban J connectivity index is 1.16. The van der Waals surface area contributed by atoms with Crippen LogP contribution in [0.15, 0.2) is 47.3 Å². The van der Waals surface area contributed by atoms with Gasteiger partial charge in [0.05, 0.1) is 30.4 Å². The summed E-state index contributed by atoms with van der Waals surface area (Å²) in [5, 5.41) is 20.1. The Labute approximate surface area is 268 Å². The number of benzene rings is 1. The van der Waals surface area contributed by atoms with E-state index in [4.69, 9.17) is 9.57 Å². The first-order chi connectivity index (χ1) is 22.4.